The van der Waals surface area contributed by atoms with E-state index in [1.807, 2.05) is 19.9 Å². The van der Waals surface area contributed by atoms with Gasteiger partial charge in [0.25, 0.3) is 5.56 Å². The molecule has 0 radical (unpaired) electrons. The Balaban J connectivity index is 2.06. The van der Waals surface area contributed by atoms with Gasteiger partial charge in [-0.05, 0) is 25.5 Å². The highest BCUT2D eigenvalue weighted by Gasteiger charge is 2.11. The maximum absolute atomic E-state index is 12.2. The molecular formula is C19H24N4O3. The third-order valence-corrected chi connectivity index (χ3v) is 3.85. The second-order valence-electron chi connectivity index (χ2n) is 5.95. The van der Waals surface area contributed by atoms with Crippen LogP contribution in [0.3, 0.4) is 0 Å². The molecule has 0 fully saturated rings. The van der Waals surface area contributed by atoms with Gasteiger partial charge in [-0.25, -0.2) is 0 Å². The van der Waals surface area contributed by atoms with Crippen LogP contribution in [-0.2, 0) is 11.2 Å². The predicted molar refractivity (Wildman–Crippen MR) is 100.0 cm³/mol. The summed E-state index contributed by atoms with van der Waals surface area (Å²) in [6, 6.07) is 7.30. The summed E-state index contributed by atoms with van der Waals surface area (Å²) in [7, 11) is 0. The van der Waals surface area contributed by atoms with Gasteiger partial charge in [0.15, 0.2) is 5.82 Å². The van der Waals surface area contributed by atoms with Gasteiger partial charge in [0, 0.05) is 24.4 Å². The lowest BCUT2D eigenvalue weighted by atomic mass is 10.2. The van der Waals surface area contributed by atoms with Crippen LogP contribution in [0.2, 0.25) is 0 Å². The van der Waals surface area contributed by atoms with Gasteiger partial charge in [0.1, 0.15) is 18.1 Å². The number of hydrogen-bond donors (Lipinski definition) is 2. The Kier molecular flexibility index (Phi) is 7.08. The number of amides is 1. The van der Waals surface area contributed by atoms with Crippen molar-refractivity contribution < 1.29 is 9.53 Å². The van der Waals surface area contributed by atoms with E-state index in [-0.39, 0.29) is 36.0 Å². The molecule has 0 spiro atoms. The lowest BCUT2D eigenvalue weighted by Crippen LogP contribution is -2.32. The van der Waals surface area contributed by atoms with Crippen LogP contribution in [0.1, 0.15) is 32.4 Å². The third kappa shape index (κ3) is 5.54. The van der Waals surface area contributed by atoms with Crippen LogP contribution in [0, 0.1) is 0 Å². The van der Waals surface area contributed by atoms with Gasteiger partial charge < -0.3 is 15.0 Å². The molecule has 0 saturated carbocycles. The van der Waals surface area contributed by atoms with Crippen molar-refractivity contribution in [1.82, 2.24) is 20.5 Å². The maximum atomic E-state index is 12.2. The number of H-pyrrole nitrogens is 1. The molecule has 138 valence electrons. The summed E-state index contributed by atoms with van der Waals surface area (Å²) >= 11 is 0. The Morgan fingerprint density at radius 2 is 2.23 bits per heavy atom. The number of benzene rings is 1. The summed E-state index contributed by atoms with van der Waals surface area (Å²) in [5.41, 5.74) is 0.591. The van der Waals surface area contributed by atoms with Crippen LogP contribution in [0.15, 0.2) is 41.7 Å². The van der Waals surface area contributed by atoms with E-state index in [1.54, 1.807) is 24.3 Å². The number of ether oxygens (including phenoxy) is 1. The number of carbonyl (C=O) groups excluding carboxylic acids is 1. The number of aromatic nitrogens is 3. The van der Waals surface area contributed by atoms with E-state index in [0.29, 0.717) is 23.7 Å². The topological polar surface area (TPSA) is 97.0 Å². The molecule has 0 saturated heterocycles. The minimum Gasteiger partial charge on any atom is -0.490 e. The first-order valence-corrected chi connectivity index (χ1v) is 8.62. The normalized spacial score (nSPS) is 11.6. The number of rotatable bonds is 9. The molecule has 1 heterocycles. The van der Waals surface area contributed by atoms with E-state index < -0.39 is 0 Å². The zero-order chi connectivity index (χ0) is 18.9. The van der Waals surface area contributed by atoms with Crippen molar-refractivity contribution >= 4 is 5.91 Å². The first-order chi connectivity index (χ1) is 12.5. The van der Waals surface area contributed by atoms with Crippen LogP contribution >= 0.6 is 0 Å². The zero-order valence-electron chi connectivity index (χ0n) is 15.1. The number of carbonyl (C=O) groups is 1. The Morgan fingerprint density at radius 3 is 2.92 bits per heavy atom. The first-order valence-electron chi connectivity index (χ1n) is 8.62. The summed E-state index contributed by atoms with van der Waals surface area (Å²) in [5.74, 6) is 0.902. The molecule has 7 nitrogen and oxygen atoms in total. The molecule has 1 aromatic heterocycles. The molecule has 1 unspecified atom stereocenters. The van der Waals surface area contributed by atoms with Gasteiger partial charge in [-0.3, -0.25) is 9.59 Å². The van der Waals surface area contributed by atoms with Crippen molar-refractivity contribution in [3.05, 3.63) is 53.0 Å². The number of nitrogens with zero attached hydrogens (tertiary/aromatic N) is 2. The van der Waals surface area contributed by atoms with Crippen LogP contribution in [-0.4, -0.2) is 33.7 Å². The van der Waals surface area contributed by atoms with Crippen LogP contribution in [0.5, 0.6) is 5.75 Å². The van der Waals surface area contributed by atoms with E-state index in [9.17, 15) is 9.59 Å². The van der Waals surface area contributed by atoms with Crippen molar-refractivity contribution in [3.8, 4) is 17.1 Å². The van der Waals surface area contributed by atoms with Crippen LogP contribution < -0.4 is 15.6 Å². The summed E-state index contributed by atoms with van der Waals surface area (Å²) in [5, 5.41) is 10.9. The second kappa shape index (κ2) is 9.50. The van der Waals surface area contributed by atoms with E-state index in [4.69, 9.17) is 4.74 Å². The van der Waals surface area contributed by atoms with E-state index >= 15 is 0 Å². The number of aryl methyl sites for hydroxylation is 1. The fraction of sp³-hybridized carbons (Fsp3) is 0.368. The first kappa shape index (κ1) is 19.4. The Hall–Kier alpha value is -2.96. The Labute approximate surface area is 152 Å². The molecule has 0 aliphatic heterocycles. The average Bonchev–Trinajstić information content (AvgIpc) is 2.65. The van der Waals surface area contributed by atoms with E-state index in [2.05, 4.69) is 27.1 Å². The zero-order valence-corrected chi connectivity index (χ0v) is 15.1. The summed E-state index contributed by atoms with van der Waals surface area (Å²) < 4.78 is 5.47. The molecule has 2 rings (SSSR count). The second-order valence-corrected chi connectivity index (χ2v) is 5.95. The maximum Gasteiger partial charge on any atom is 0.273 e. The summed E-state index contributed by atoms with van der Waals surface area (Å²) in [4.78, 5) is 26.8. The van der Waals surface area contributed by atoms with Crippen molar-refractivity contribution in [1.29, 1.82) is 0 Å². The number of aromatic amines is 1. The molecule has 2 N–H and O–H groups in total. The molecule has 1 atom stereocenters. The molecule has 1 amide bonds. The van der Waals surface area contributed by atoms with Gasteiger partial charge in [0.05, 0.1) is 0 Å². The standard InChI is InChI=1S/C19H24N4O3/c1-4-11-26-15-8-6-7-14(12-15)18-21-19(25)16(22-23-18)9-10-17(24)20-13(3)5-2/h4,6-8,12-13H,1,5,9-11H2,2-3H3,(H,20,24)(H,21,23,25). The summed E-state index contributed by atoms with van der Waals surface area (Å²) in [6.45, 7) is 7.93. The minimum absolute atomic E-state index is 0.100. The Morgan fingerprint density at radius 1 is 1.42 bits per heavy atom. The molecule has 2 aromatic rings. The molecule has 0 aliphatic carbocycles. The monoisotopic (exact) mass is 356 g/mol. The highest BCUT2D eigenvalue weighted by atomic mass is 16.5. The van der Waals surface area contributed by atoms with Gasteiger partial charge in [-0.15, -0.1) is 10.2 Å². The lowest BCUT2D eigenvalue weighted by Gasteiger charge is -2.10. The SMILES string of the molecule is C=CCOc1cccc(-c2nnc(CCC(=O)NC(C)CC)c(=O)[nH]2)c1. The van der Waals surface area contributed by atoms with Crippen molar-refractivity contribution in [3.63, 3.8) is 0 Å². The quantitative estimate of drug-likeness (QED) is 0.672. The predicted octanol–water partition coefficient (Wildman–Crippen LogP) is 2.24. The van der Waals surface area contributed by atoms with Crippen molar-refractivity contribution in [2.75, 3.05) is 6.61 Å². The third-order valence-electron chi connectivity index (χ3n) is 3.85. The van der Waals surface area contributed by atoms with Crippen LogP contribution in [0.4, 0.5) is 0 Å². The molecule has 0 aliphatic rings. The van der Waals surface area contributed by atoms with Crippen molar-refractivity contribution in [2.45, 2.75) is 39.2 Å². The molecule has 1 aromatic carbocycles. The molecular weight excluding hydrogens is 332 g/mol. The van der Waals surface area contributed by atoms with Gasteiger partial charge in [-0.1, -0.05) is 31.7 Å². The van der Waals surface area contributed by atoms with Gasteiger partial charge in [0.2, 0.25) is 5.91 Å². The minimum atomic E-state index is -0.344. The molecule has 0 bridgehead atoms. The number of nitrogens with one attached hydrogen (secondary N) is 2. The Bertz CT molecular complexity index is 816. The fourth-order valence-corrected chi connectivity index (χ4v) is 2.22. The summed E-state index contributed by atoms with van der Waals surface area (Å²) in [6.07, 6.45) is 2.96. The van der Waals surface area contributed by atoms with Crippen molar-refractivity contribution in [2.24, 2.45) is 0 Å². The lowest BCUT2D eigenvalue weighted by molar-refractivity contribution is -0.121. The van der Waals surface area contributed by atoms with E-state index in [1.165, 1.54) is 0 Å². The number of hydrogen-bond acceptors (Lipinski definition) is 5. The van der Waals surface area contributed by atoms with Gasteiger partial charge >= 0.3 is 0 Å². The average molecular weight is 356 g/mol. The molecule has 7 heteroatoms. The molecule has 26 heavy (non-hydrogen) atoms. The largest absolute Gasteiger partial charge is 0.490 e. The highest BCUT2D eigenvalue weighted by molar-refractivity contribution is 5.76. The van der Waals surface area contributed by atoms with Gasteiger partial charge in [-0.2, -0.15) is 0 Å². The van der Waals surface area contributed by atoms with Crippen LogP contribution in [0.25, 0.3) is 11.4 Å². The van der Waals surface area contributed by atoms with E-state index in [0.717, 1.165) is 6.42 Å². The smallest absolute Gasteiger partial charge is 0.273 e. The highest BCUT2D eigenvalue weighted by Crippen LogP contribution is 2.19. The fourth-order valence-electron chi connectivity index (χ4n) is 2.22.